The van der Waals surface area contributed by atoms with E-state index in [1.807, 2.05) is 0 Å². The number of ether oxygens (including phenoxy) is 2. The van der Waals surface area contributed by atoms with Gasteiger partial charge in [0, 0.05) is 33.4 Å². The van der Waals surface area contributed by atoms with E-state index in [0.29, 0.717) is 17.6 Å². The van der Waals surface area contributed by atoms with Gasteiger partial charge in [-0.3, -0.25) is 0 Å². The maximum Gasteiger partial charge on any atom is 0.158 e. The molecule has 6 heteroatoms. The maximum absolute atomic E-state index is 5.88. The van der Waals surface area contributed by atoms with Crippen LogP contribution in [-0.4, -0.2) is 37.3 Å². The minimum atomic E-state index is 0.360. The third-order valence-corrected chi connectivity index (χ3v) is 2.29. The molecule has 0 aliphatic carbocycles. The largest absolute Gasteiger partial charge is 0.385 e. The van der Waals surface area contributed by atoms with E-state index >= 15 is 0 Å². The Morgan fingerprint density at radius 2 is 2.06 bits per heavy atom. The summed E-state index contributed by atoms with van der Waals surface area (Å²) in [6, 6.07) is 1.71. The Morgan fingerprint density at radius 1 is 1.24 bits per heavy atom. The second kappa shape index (κ2) is 8.22. The van der Waals surface area contributed by atoms with Crippen LogP contribution in [0.15, 0.2) is 6.07 Å². The summed E-state index contributed by atoms with van der Waals surface area (Å²) >= 11 is 5.88. The molecule has 0 aliphatic heterocycles. The van der Waals surface area contributed by atoms with Crippen molar-refractivity contribution in [2.24, 2.45) is 0 Å². The third-order valence-electron chi connectivity index (χ3n) is 2.10. The highest BCUT2D eigenvalue weighted by Crippen LogP contribution is 2.12. The molecular formula is C11H18ClN3O2. The van der Waals surface area contributed by atoms with Crippen LogP contribution in [0, 0.1) is 0 Å². The highest BCUT2D eigenvalue weighted by molar-refractivity contribution is 6.29. The van der Waals surface area contributed by atoms with Crippen LogP contribution in [0.5, 0.6) is 0 Å². The van der Waals surface area contributed by atoms with Crippen molar-refractivity contribution in [1.82, 2.24) is 9.97 Å². The van der Waals surface area contributed by atoms with Crippen molar-refractivity contribution in [3.63, 3.8) is 0 Å². The molecule has 0 unspecified atom stereocenters. The zero-order valence-electron chi connectivity index (χ0n) is 10.2. The first-order valence-electron chi connectivity index (χ1n) is 5.51. The molecule has 0 saturated carbocycles. The van der Waals surface area contributed by atoms with Gasteiger partial charge in [0.15, 0.2) is 5.82 Å². The molecule has 1 heterocycles. The lowest BCUT2D eigenvalue weighted by atomic mass is 10.3. The summed E-state index contributed by atoms with van der Waals surface area (Å²) in [6.07, 6.45) is 2.04. The van der Waals surface area contributed by atoms with Crippen molar-refractivity contribution in [3.05, 3.63) is 17.0 Å². The molecule has 0 saturated heterocycles. The molecule has 0 spiro atoms. The number of anilines is 1. The maximum atomic E-state index is 5.88. The summed E-state index contributed by atoms with van der Waals surface area (Å²) < 4.78 is 9.94. The zero-order chi connectivity index (χ0) is 12.5. The Labute approximate surface area is 107 Å². The number of nitrogens with one attached hydrogen (secondary N) is 1. The van der Waals surface area contributed by atoms with Gasteiger partial charge in [-0.05, 0) is 12.8 Å². The van der Waals surface area contributed by atoms with E-state index in [2.05, 4.69) is 15.3 Å². The summed E-state index contributed by atoms with van der Waals surface area (Å²) in [4.78, 5) is 8.33. The number of hydrogen-bond acceptors (Lipinski definition) is 5. The van der Waals surface area contributed by atoms with Crippen LogP contribution in [0.1, 0.15) is 18.7 Å². The number of hydrogen-bond donors (Lipinski definition) is 1. The average molecular weight is 260 g/mol. The second-order valence-electron chi connectivity index (χ2n) is 3.55. The Kier molecular flexibility index (Phi) is 6.84. The summed E-state index contributed by atoms with van der Waals surface area (Å²) in [7, 11) is 3.30. The van der Waals surface area contributed by atoms with Crippen molar-refractivity contribution in [2.45, 2.75) is 19.4 Å². The van der Waals surface area contributed by atoms with E-state index in [4.69, 9.17) is 21.1 Å². The van der Waals surface area contributed by atoms with Gasteiger partial charge >= 0.3 is 0 Å². The fourth-order valence-corrected chi connectivity index (χ4v) is 1.54. The normalized spacial score (nSPS) is 10.5. The monoisotopic (exact) mass is 259 g/mol. The molecule has 0 bridgehead atoms. The van der Waals surface area contributed by atoms with Gasteiger partial charge in [-0.1, -0.05) is 11.6 Å². The van der Waals surface area contributed by atoms with Crippen LogP contribution in [0.2, 0.25) is 5.15 Å². The molecule has 0 aromatic carbocycles. The lowest BCUT2D eigenvalue weighted by Crippen LogP contribution is -2.07. The SMILES string of the molecule is COCCCCNc1cc(Cl)nc(COC)n1. The van der Waals surface area contributed by atoms with Gasteiger partial charge in [0.2, 0.25) is 0 Å². The van der Waals surface area contributed by atoms with E-state index in [9.17, 15) is 0 Å². The second-order valence-corrected chi connectivity index (χ2v) is 3.94. The van der Waals surface area contributed by atoms with Crippen LogP contribution >= 0.6 is 11.6 Å². The minimum absolute atomic E-state index is 0.360. The van der Waals surface area contributed by atoms with Crippen LogP contribution in [0.25, 0.3) is 0 Å². The third kappa shape index (κ3) is 5.81. The smallest absolute Gasteiger partial charge is 0.158 e. The molecule has 1 rings (SSSR count). The van der Waals surface area contributed by atoms with Gasteiger partial charge in [0.05, 0.1) is 0 Å². The van der Waals surface area contributed by atoms with Crippen LogP contribution < -0.4 is 5.32 Å². The Bertz CT molecular complexity index is 336. The first-order chi connectivity index (χ1) is 8.26. The quantitative estimate of drug-likeness (QED) is 0.572. The number of rotatable bonds is 8. The zero-order valence-corrected chi connectivity index (χ0v) is 11.0. The Morgan fingerprint density at radius 3 is 2.76 bits per heavy atom. The number of methoxy groups -OCH3 is 2. The highest BCUT2D eigenvalue weighted by atomic mass is 35.5. The van der Waals surface area contributed by atoms with Gasteiger partial charge in [-0.25, -0.2) is 9.97 Å². The van der Waals surface area contributed by atoms with Crippen LogP contribution in [-0.2, 0) is 16.1 Å². The van der Waals surface area contributed by atoms with E-state index in [1.54, 1.807) is 20.3 Å². The molecule has 96 valence electrons. The molecule has 1 N–H and O–H groups in total. The van der Waals surface area contributed by atoms with Crippen molar-refractivity contribution in [3.8, 4) is 0 Å². The summed E-state index contributed by atoms with van der Waals surface area (Å²) in [5.74, 6) is 1.31. The fraction of sp³-hybridized carbons (Fsp3) is 0.636. The first kappa shape index (κ1) is 14.2. The molecule has 1 aromatic rings. The standard InChI is InChI=1S/C11H18ClN3O2/c1-16-6-4-3-5-13-10-7-9(12)14-11(15-10)8-17-2/h7H,3-6,8H2,1-2H3,(H,13,14,15). The van der Waals surface area contributed by atoms with Crippen molar-refractivity contribution < 1.29 is 9.47 Å². The van der Waals surface area contributed by atoms with E-state index < -0.39 is 0 Å². The predicted molar refractivity (Wildman–Crippen MR) is 67.4 cm³/mol. The molecular weight excluding hydrogens is 242 g/mol. The van der Waals surface area contributed by atoms with Gasteiger partial charge in [-0.2, -0.15) is 0 Å². The molecule has 0 fully saturated rings. The highest BCUT2D eigenvalue weighted by Gasteiger charge is 2.02. The molecule has 5 nitrogen and oxygen atoms in total. The number of nitrogens with zero attached hydrogens (tertiary/aromatic N) is 2. The minimum Gasteiger partial charge on any atom is -0.385 e. The number of unbranched alkanes of at least 4 members (excludes halogenated alkanes) is 1. The Balaban J connectivity index is 2.41. The van der Waals surface area contributed by atoms with Crippen LogP contribution in [0.4, 0.5) is 5.82 Å². The van der Waals surface area contributed by atoms with Crippen molar-refractivity contribution in [1.29, 1.82) is 0 Å². The number of aromatic nitrogens is 2. The van der Waals surface area contributed by atoms with E-state index in [0.717, 1.165) is 31.8 Å². The average Bonchev–Trinajstić information content (AvgIpc) is 2.28. The molecule has 0 aliphatic rings. The molecule has 17 heavy (non-hydrogen) atoms. The molecule has 0 atom stereocenters. The fourth-order valence-electron chi connectivity index (χ4n) is 1.34. The first-order valence-corrected chi connectivity index (χ1v) is 5.89. The lowest BCUT2D eigenvalue weighted by Gasteiger charge is -2.07. The lowest BCUT2D eigenvalue weighted by molar-refractivity contribution is 0.178. The van der Waals surface area contributed by atoms with E-state index in [1.165, 1.54) is 0 Å². The van der Waals surface area contributed by atoms with Gasteiger partial charge in [0.25, 0.3) is 0 Å². The molecule has 1 aromatic heterocycles. The van der Waals surface area contributed by atoms with Crippen LogP contribution in [0.3, 0.4) is 0 Å². The Hall–Kier alpha value is -0.910. The number of halogens is 1. The summed E-state index contributed by atoms with van der Waals surface area (Å²) in [5.41, 5.74) is 0. The van der Waals surface area contributed by atoms with Gasteiger partial charge in [0.1, 0.15) is 17.6 Å². The molecule has 0 amide bonds. The van der Waals surface area contributed by atoms with E-state index in [-0.39, 0.29) is 0 Å². The molecule has 0 radical (unpaired) electrons. The summed E-state index contributed by atoms with van der Waals surface area (Å²) in [5, 5.41) is 3.62. The predicted octanol–water partition coefficient (Wildman–Crippen LogP) is 2.11. The van der Waals surface area contributed by atoms with Gasteiger partial charge < -0.3 is 14.8 Å². The van der Waals surface area contributed by atoms with Crippen molar-refractivity contribution >= 4 is 17.4 Å². The summed E-state index contributed by atoms with van der Waals surface area (Å²) in [6.45, 7) is 1.98. The van der Waals surface area contributed by atoms with Crippen molar-refractivity contribution in [2.75, 3.05) is 32.7 Å². The topological polar surface area (TPSA) is 56.3 Å². The van der Waals surface area contributed by atoms with Gasteiger partial charge in [-0.15, -0.1) is 0 Å².